The minimum absolute atomic E-state index is 0.00880. The van der Waals surface area contributed by atoms with E-state index >= 15 is 0 Å². The zero-order valence-corrected chi connectivity index (χ0v) is 23.0. The molecule has 0 spiro atoms. The number of carbonyl (C=O) groups is 2. The molecule has 13 heteroatoms. The zero-order chi connectivity index (χ0) is 28.5. The summed E-state index contributed by atoms with van der Waals surface area (Å²) in [6.07, 6.45) is 2.52. The first-order valence-electron chi connectivity index (χ1n) is 11.9. The molecular weight excluding hydrogens is 516 g/mol. The van der Waals surface area contributed by atoms with E-state index in [0.717, 1.165) is 29.5 Å². The Kier molecular flexibility index (Phi) is 10.9. The first kappa shape index (κ1) is 30.4. The Hall–Kier alpha value is -3.87. The molecular formula is C25H34N4O8S. The van der Waals surface area contributed by atoms with Gasteiger partial charge in [-0.25, -0.2) is 8.42 Å². The van der Waals surface area contributed by atoms with Crippen molar-refractivity contribution in [2.24, 2.45) is 0 Å². The van der Waals surface area contributed by atoms with Crippen molar-refractivity contribution >= 4 is 33.2 Å². The standard InChI is InChI=1S/C25H34N4O8S/c1-6-7-14-26-25(31)18(2)27(16-19-8-11-21(36-3)12-9-19)24(30)17-28(38(5,34)35)22-15-20(29(32)33)10-13-23(22)37-4/h8-13,15,18H,6-7,14,16-17H2,1-5H3,(H,26,31). The Bertz CT molecular complexity index is 1230. The van der Waals surface area contributed by atoms with Crippen molar-refractivity contribution in [2.75, 3.05) is 37.9 Å². The van der Waals surface area contributed by atoms with Gasteiger partial charge in [0.1, 0.15) is 29.8 Å². The van der Waals surface area contributed by atoms with Gasteiger partial charge in [0.15, 0.2) is 0 Å². The van der Waals surface area contributed by atoms with Gasteiger partial charge in [0, 0.05) is 25.2 Å². The number of non-ortho nitro benzene ring substituents is 1. The molecule has 0 fully saturated rings. The smallest absolute Gasteiger partial charge is 0.271 e. The molecule has 0 aliphatic heterocycles. The number of anilines is 1. The fraction of sp³-hybridized carbons (Fsp3) is 0.440. The number of benzene rings is 2. The number of nitro benzene ring substituents is 1. The van der Waals surface area contributed by atoms with E-state index in [2.05, 4.69) is 5.32 Å². The third-order valence-corrected chi connectivity index (χ3v) is 6.96. The molecule has 12 nitrogen and oxygen atoms in total. The highest BCUT2D eigenvalue weighted by Crippen LogP contribution is 2.34. The first-order chi connectivity index (χ1) is 17.9. The number of nitrogens with zero attached hydrogens (tertiary/aromatic N) is 3. The summed E-state index contributed by atoms with van der Waals surface area (Å²) in [5.74, 6) is -0.434. The zero-order valence-electron chi connectivity index (χ0n) is 22.2. The number of nitrogens with one attached hydrogen (secondary N) is 1. The topological polar surface area (TPSA) is 148 Å². The fourth-order valence-electron chi connectivity index (χ4n) is 3.63. The van der Waals surface area contributed by atoms with E-state index < -0.39 is 33.4 Å². The maximum atomic E-state index is 13.6. The van der Waals surface area contributed by atoms with Crippen molar-refractivity contribution in [1.29, 1.82) is 0 Å². The van der Waals surface area contributed by atoms with Gasteiger partial charge in [-0.15, -0.1) is 0 Å². The number of methoxy groups -OCH3 is 2. The van der Waals surface area contributed by atoms with Crippen LogP contribution in [-0.2, 0) is 26.2 Å². The lowest BCUT2D eigenvalue weighted by Gasteiger charge is -2.31. The molecule has 0 saturated carbocycles. The summed E-state index contributed by atoms with van der Waals surface area (Å²) in [6.45, 7) is 3.27. The average molecular weight is 551 g/mol. The van der Waals surface area contributed by atoms with Crippen LogP contribution >= 0.6 is 0 Å². The second-order valence-electron chi connectivity index (χ2n) is 8.57. The van der Waals surface area contributed by atoms with E-state index in [4.69, 9.17) is 9.47 Å². The molecule has 0 aliphatic carbocycles. The minimum Gasteiger partial charge on any atom is -0.497 e. The summed E-state index contributed by atoms with van der Waals surface area (Å²) >= 11 is 0. The molecule has 208 valence electrons. The highest BCUT2D eigenvalue weighted by molar-refractivity contribution is 7.92. The molecule has 2 amide bonds. The molecule has 2 aromatic carbocycles. The van der Waals surface area contributed by atoms with Crippen LogP contribution in [0.3, 0.4) is 0 Å². The van der Waals surface area contributed by atoms with Gasteiger partial charge >= 0.3 is 0 Å². The van der Waals surface area contributed by atoms with Crippen LogP contribution < -0.4 is 19.1 Å². The van der Waals surface area contributed by atoms with Crippen molar-refractivity contribution in [3.05, 3.63) is 58.1 Å². The summed E-state index contributed by atoms with van der Waals surface area (Å²) in [5, 5.41) is 14.1. The lowest BCUT2D eigenvalue weighted by Crippen LogP contribution is -2.51. The molecule has 0 aromatic heterocycles. The minimum atomic E-state index is -4.10. The van der Waals surface area contributed by atoms with E-state index in [1.165, 1.54) is 31.3 Å². The van der Waals surface area contributed by atoms with Crippen LogP contribution in [0.25, 0.3) is 0 Å². The van der Waals surface area contributed by atoms with Crippen LogP contribution in [0, 0.1) is 10.1 Å². The summed E-state index contributed by atoms with van der Waals surface area (Å²) in [7, 11) is -1.29. The molecule has 0 bridgehead atoms. The Labute approximate surface area is 222 Å². The van der Waals surface area contributed by atoms with Crippen molar-refractivity contribution in [3.63, 3.8) is 0 Å². The Morgan fingerprint density at radius 3 is 2.29 bits per heavy atom. The third-order valence-electron chi connectivity index (χ3n) is 5.83. The van der Waals surface area contributed by atoms with E-state index in [0.29, 0.717) is 17.9 Å². The third kappa shape index (κ3) is 8.07. The lowest BCUT2D eigenvalue weighted by atomic mass is 10.1. The van der Waals surface area contributed by atoms with Gasteiger partial charge in [-0.3, -0.25) is 24.0 Å². The lowest BCUT2D eigenvalue weighted by molar-refractivity contribution is -0.384. The molecule has 0 aliphatic rings. The van der Waals surface area contributed by atoms with E-state index in [9.17, 15) is 28.1 Å². The number of ether oxygens (including phenoxy) is 2. The maximum absolute atomic E-state index is 13.6. The number of nitro groups is 1. The molecule has 0 heterocycles. The van der Waals surface area contributed by atoms with E-state index in [1.807, 2.05) is 6.92 Å². The number of unbranched alkanes of at least 4 members (excludes halogenated alkanes) is 1. The number of hydrogen-bond acceptors (Lipinski definition) is 8. The molecule has 38 heavy (non-hydrogen) atoms. The van der Waals surface area contributed by atoms with Gasteiger partial charge in [-0.1, -0.05) is 25.5 Å². The van der Waals surface area contributed by atoms with Gasteiger partial charge in [-0.2, -0.15) is 0 Å². The van der Waals surface area contributed by atoms with Gasteiger partial charge in [0.2, 0.25) is 21.8 Å². The molecule has 0 saturated heterocycles. The number of sulfonamides is 1. The quantitative estimate of drug-likeness (QED) is 0.214. The van der Waals surface area contributed by atoms with E-state index in [1.54, 1.807) is 31.2 Å². The predicted molar refractivity (Wildman–Crippen MR) is 143 cm³/mol. The maximum Gasteiger partial charge on any atom is 0.271 e. The summed E-state index contributed by atoms with van der Waals surface area (Å²) < 4.78 is 36.7. The summed E-state index contributed by atoms with van der Waals surface area (Å²) in [6, 6.07) is 9.41. The molecule has 1 atom stereocenters. The molecule has 2 aromatic rings. The highest BCUT2D eigenvalue weighted by Gasteiger charge is 2.32. The Balaban J connectivity index is 2.47. The second-order valence-corrected chi connectivity index (χ2v) is 10.5. The fourth-order valence-corrected chi connectivity index (χ4v) is 4.47. The normalized spacial score (nSPS) is 11.8. The number of amides is 2. The van der Waals surface area contributed by atoms with Crippen molar-refractivity contribution < 1.29 is 32.4 Å². The van der Waals surface area contributed by atoms with E-state index in [-0.39, 0.29) is 29.6 Å². The average Bonchev–Trinajstić information content (AvgIpc) is 2.89. The van der Waals surface area contributed by atoms with Crippen LogP contribution in [0.1, 0.15) is 32.3 Å². The van der Waals surface area contributed by atoms with Gasteiger partial charge in [0.25, 0.3) is 5.69 Å². The summed E-state index contributed by atoms with van der Waals surface area (Å²) in [5.41, 5.74) is 0.147. The van der Waals surface area contributed by atoms with Crippen LogP contribution in [-0.4, -0.2) is 69.7 Å². The van der Waals surface area contributed by atoms with Crippen molar-refractivity contribution in [3.8, 4) is 11.5 Å². The van der Waals surface area contributed by atoms with Crippen LogP contribution in [0.5, 0.6) is 11.5 Å². The molecule has 0 radical (unpaired) electrons. The van der Waals surface area contributed by atoms with Crippen LogP contribution in [0.2, 0.25) is 0 Å². The first-order valence-corrected chi connectivity index (χ1v) is 13.8. The second kappa shape index (κ2) is 13.6. The number of carbonyl (C=O) groups excluding carboxylic acids is 2. The van der Waals surface area contributed by atoms with Gasteiger partial charge in [-0.05, 0) is 37.1 Å². The Morgan fingerprint density at radius 1 is 1.11 bits per heavy atom. The van der Waals surface area contributed by atoms with Crippen molar-refractivity contribution in [1.82, 2.24) is 10.2 Å². The van der Waals surface area contributed by atoms with Gasteiger partial charge in [0.05, 0.1) is 25.4 Å². The summed E-state index contributed by atoms with van der Waals surface area (Å²) in [4.78, 5) is 38.4. The van der Waals surface area contributed by atoms with Crippen molar-refractivity contribution in [2.45, 2.75) is 39.3 Å². The monoisotopic (exact) mass is 550 g/mol. The molecule has 2 rings (SSSR count). The van der Waals surface area contributed by atoms with Crippen LogP contribution in [0.15, 0.2) is 42.5 Å². The van der Waals surface area contributed by atoms with Gasteiger partial charge < -0.3 is 19.7 Å². The van der Waals surface area contributed by atoms with Crippen LogP contribution in [0.4, 0.5) is 11.4 Å². The SMILES string of the molecule is CCCCNC(=O)C(C)N(Cc1ccc(OC)cc1)C(=O)CN(c1cc([N+](=O)[O-])ccc1OC)S(C)(=O)=O. The Morgan fingerprint density at radius 2 is 1.76 bits per heavy atom. The largest absolute Gasteiger partial charge is 0.497 e. The molecule has 1 unspecified atom stereocenters. The predicted octanol–water partition coefficient (Wildman–Crippen LogP) is 2.71. The number of rotatable bonds is 14. The number of hydrogen-bond donors (Lipinski definition) is 1. The highest BCUT2D eigenvalue weighted by atomic mass is 32.2. The molecule has 1 N–H and O–H groups in total.